The average molecular weight is 342 g/mol. The largest absolute Gasteiger partial charge is 0.473 e. The van der Waals surface area contributed by atoms with Crippen molar-refractivity contribution < 1.29 is 14.3 Å². The van der Waals surface area contributed by atoms with Crippen molar-refractivity contribution in [1.29, 1.82) is 0 Å². The van der Waals surface area contributed by atoms with Crippen LogP contribution in [-0.2, 0) is 4.74 Å². The zero-order valence-corrected chi connectivity index (χ0v) is 14.8. The topological polar surface area (TPSA) is 64.6 Å². The molecule has 0 bridgehead atoms. The van der Waals surface area contributed by atoms with E-state index in [1.54, 1.807) is 11.1 Å². The number of hydrogen-bond donors (Lipinski definition) is 0. The quantitative estimate of drug-likeness (QED) is 0.823. The molecule has 1 aromatic heterocycles. The molecule has 0 saturated carbocycles. The lowest BCUT2D eigenvalue weighted by atomic mass is 10.0. The van der Waals surface area contributed by atoms with Gasteiger partial charge < -0.3 is 14.4 Å². The number of carbonyl (C=O) groups is 1. The van der Waals surface area contributed by atoms with Gasteiger partial charge in [0.15, 0.2) is 5.15 Å². The second-order valence-corrected chi connectivity index (χ2v) is 7.27. The highest BCUT2D eigenvalue weighted by Gasteiger charge is 2.30. The summed E-state index contributed by atoms with van der Waals surface area (Å²) in [6, 6.07) is 0. The monoisotopic (exact) mass is 341 g/mol. The van der Waals surface area contributed by atoms with Gasteiger partial charge in [0.1, 0.15) is 11.7 Å². The fourth-order valence-corrected chi connectivity index (χ4v) is 2.67. The normalized spacial score (nSPS) is 22.4. The highest BCUT2D eigenvalue weighted by Crippen LogP contribution is 2.23. The molecule has 0 radical (unpaired) electrons. The SMILES string of the molecule is C[C@H]1CN(C(=O)OC(C)(C)C)CCC[C@@H]1Oc1cncc(Cl)n1. The van der Waals surface area contributed by atoms with Crippen molar-refractivity contribution in [2.24, 2.45) is 5.92 Å². The molecule has 7 heteroatoms. The van der Waals surface area contributed by atoms with Gasteiger partial charge in [-0.3, -0.25) is 4.98 Å². The van der Waals surface area contributed by atoms with E-state index >= 15 is 0 Å². The van der Waals surface area contributed by atoms with E-state index < -0.39 is 5.60 Å². The van der Waals surface area contributed by atoms with Crippen molar-refractivity contribution in [1.82, 2.24) is 14.9 Å². The first kappa shape index (κ1) is 17.8. The van der Waals surface area contributed by atoms with Crippen molar-refractivity contribution in [3.8, 4) is 5.88 Å². The fourth-order valence-electron chi connectivity index (χ4n) is 2.53. The van der Waals surface area contributed by atoms with Crippen LogP contribution in [0.5, 0.6) is 5.88 Å². The number of aromatic nitrogens is 2. The molecule has 0 spiro atoms. The van der Waals surface area contributed by atoms with E-state index in [4.69, 9.17) is 21.1 Å². The molecule has 0 unspecified atom stereocenters. The highest BCUT2D eigenvalue weighted by molar-refractivity contribution is 6.29. The first-order valence-electron chi connectivity index (χ1n) is 7.87. The summed E-state index contributed by atoms with van der Waals surface area (Å²) in [7, 11) is 0. The zero-order valence-electron chi connectivity index (χ0n) is 14.1. The van der Waals surface area contributed by atoms with Gasteiger partial charge in [-0.2, -0.15) is 4.98 Å². The van der Waals surface area contributed by atoms with Gasteiger partial charge in [-0.15, -0.1) is 0 Å². The van der Waals surface area contributed by atoms with Gasteiger partial charge in [-0.25, -0.2) is 4.79 Å². The van der Waals surface area contributed by atoms with Gasteiger partial charge in [0, 0.05) is 19.0 Å². The Balaban J connectivity index is 1.98. The van der Waals surface area contributed by atoms with Gasteiger partial charge >= 0.3 is 6.09 Å². The molecule has 23 heavy (non-hydrogen) atoms. The van der Waals surface area contributed by atoms with E-state index in [1.165, 1.54) is 6.20 Å². The molecule has 1 aliphatic heterocycles. The smallest absolute Gasteiger partial charge is 0.410 e. The van der Waals surface area contributed by atoms with Gasteiger partial charge in [-0.1, -0.05) is 18.5 Å². The minimum Gasteiger partial charge on any atom is -0.473 e. The van der Waals surface area contributed by atoms with Crippen LogP contribution in [0.2, 0.25) is 5.15 Å². The number of ether oxygens (including phenoxy) is 2. The number of hydrogen-bond acceptors (Lipinski definition) is 5. The average Bonchev–Trinajstić information content (AvgIpc) is 2.60. The summed E-state index contributed by atoms with van der Waals surface area (Å²) < 4.78 is 11.4. The molecule has 1 saturated heterocycles. The van der Waals surface area contributed by atoms with E-state index in [-0.39, 0.29) is 18.1 Å². The number of halogens is 1. The van der Waals surface area contributed by atoms with Crippen molar-refractivity contribution in [3.63, 3.8) is 0 Å². The number of nitrogens with zero attached hydrogens (tertiary/aromatic N) is 3. The summed E-state index contributed by atoms with van der Waals surface area (Å²) in [5.74, 6) is 0.575. The van der Waals surface area contributed by atoms with E-state index in [2.05, 4.69) is 16.9 Å². The molecule has 0 N–H and O–H groups in total. The van der Waals surface area contributed by atoms with Crippen LogP contribution in [0.15, 0.2) is 12.4 Å². The molecule has 1 fully saturated rings. The molecule has 2 atom stereocenters. The third kappa shape index (κ3) is 5.53. The lowest BCUT2D eigenvalue weighted by molar-refractivity contribution is 0.0218. The molecule has 0 aromatic carbocycles. The van der Waals surface area contributed by atoms with Crippen LogP contribution in [0.1, 0.15) is 40.5 Å². The van der Waals surface area contributed by atoms with Crippen molar-refractivity contribution in [3.05, 3.63) is 17.5 Å². The fraction of sp³-hybridized carbons (Fsp3) is 0.688. The Hall–Kier alpha value is -1.56. The van der Waals surface area contributed by atoms with Crippen LogP contribution in [0.3, 0.4) is 0 Å². The lowest BCUT2D eigenvalue weighted by Crippen LogP contribution is -2.40. The summed E-state index contributed by atoms with van der Waals surface area (Å²) in [6.45, 7) is 8.93. The number of carbonyl (C=O) groups excluding carboxylic acids is 1. The minimum absolute atomic E-state index is 0.0322. The second-order valence-electron chi connectivity index (χ2n) is 6.88. The maximum atomic E-state index is 12.2. The highest BCUT2D eigenvalue weighted by atomic mass is 35.5. The van der Waals surface area contributed by atoms with Gasteiger partial charge in [0.2, 0.25) is 5.88 Å². The maximum absolute atomic E-state index is 12.2. The van der Waals surface area contributed by atoms with E-state index in [0.717, 1.165) is 12.8 Å². The summed E-state index contributed by atoms with van der Waals surface area (Å²) in [5.41, 5.74) is -0.487. The first-order valence-corrected chi connectivity index (χ1v) is 8.24. The minimum atomic E-state index is -0.487. The molecule has 128 valence electrons. The van der Waals surface area contributed by atoms with Crippen molar-refractivity contribution in [2.45, 2.75) is 52.2 Å². The summed E-state index contributed by atoms with van der Waals surface area (Å²) in [6.07, 6.45) is 4.41. The Morgan fingerprint density at radius 3 is 2.78 bits per heavy atom. The molecule has 6 nitrogen and oxygen atoms in total. The molecular weight excluding hydrogens is 318 g/mol. The van der Waals surface area contributed by atoms with Crippen LogP contribution in [0.4, 0.5) is 4.79 Å². The Kier molecular flexibility index (Phi) is 5.68. The molecule has 2 heterocycles. The molecule has 2 rings (SSSR count). The number of likely N-dealkylation sites (tertiary alicyclic amines) is 1. The molecule has 1 aliphatic rings. The number of rotatable bonds is 2. The van der Waals surface area contributed by atoms with Gasteiger partial charge in [0.05, 0.1) is 12.4 Å². The Morgan fingerprint density at radius 2 is 2.13 bits per heavy atom. The van der Waals surface area contributed by atoms with Gasteiger partial charge in [0.25, 0.3) is 0 Å². The van der Waals surface area contributed by atoms with Crippen LogP contribution >= 0.6 is 11.6 Å². The third-order valence-corrected chi connectivity index (χ3v) is 3.75. The standard InChI is InChI=1S/C16H24ClN3O3/c1-11-10-20(15(21)23-16(2,3)4)7-5-6-12(11)22-14-9-18-8-13(17)19-14/h8-9,11-12H,5-7,10H2,1-4H3/t11-,12-/m0/s1. The Morgan fingerprint density at radius 1 is 1.39 bits per heavy atom. The summed E-state index contributed by atoms with van der Waals surface area (Å²) >= 11 is 5.83. The molecule has 1 amide bonds. The first-order chi connectivity index (χ1) is 10.7. The van der Waals surface area contributed by atoms with E-state index in [9.17, 15) is 4.79 Å². The summed E-state index contributed by atoms with van der Waals surface area (Å²) in [4.78, 5) is 22.1. The predicted octanol–water partition coefficient (Wildman–Crippen LogP) is 3.54. The Labute approximate surface area is 142 Å². The molecular formula is C16H24ClN3O3. The van der Waals surface area contributed by atoms with Crippen LogP contribution < -0.4 is 4.74 Å². The summed E-state index contributed by atoms with van der Waals surface area (Å²) in [5, 5.41) is 0.305. The van der Waals surface area contributed by atoms with Crippen LogP contribution in [0, 0.1) is 5.92 Å². The van der Waals surface area contributed by atoms with Crippen LogP contribution in [-0.4, -0.2) is 45.8 Å². The molecule has 1 aromatic rings. The van der Waals surface area contributed by atoms with E-state index in [1.807, 2.05) is 20.8 Å². The zero-order chi connectivity index (χ0) is 17.0. The van der Waals surface area contributed by atoms with Gasteiger partial charge in [-0.05, 0) is 33.6 Å². The van der Waals surface area contributed by atoms with Crippen molar-refractivity contribution in [2.75, 3.05) is 13.1 Å². The van der Waals surface area contributed by atoms with Crippen LogP contribution in [0.25, 0.3) is 0 Å². The Bertz CT molecular complexity index is 548. The third-order valence-electron chi connectivity index (χ3n) is 3.57. The van der Waals surface area contributed by atoms with E-state index in [0.29, 0.717) is 24.1 Å². The number of amides is 1. The molecule has 0 aliphatic carbocycles. The predicted molar refractivity (Wildman–Crippen MR) is 87.7 cm³/mol. The van der Waals surface area contributed by atoms with Crippen molar-refractivity contribution >= 4 is 17.7 Å². The maximum Gasteiger partial charge on any atom is 0.410 e. The second kappa shape index (κ2) is 7.34. The lowest BCUT2D eigenvalue weighted by Gasteiger charge is -2.28.